The number of benzene rings is 1. The number of halogens is 1. The van der Waals surface area contributed by atoms with Gasteiger partial charge in [-0.2, -0.15) is 0 Å². The summed E-state index contributed by atoms with van der Waals surface area (Å²) in [6, 6.07) is 6.55. The Morgan fingerprint density at radius 2 is 2.11 bits per heavy atom. The molecule has 0 aliphatic carbocycles. The van der Waals surface area contributed by atoms with Crippen molar-refractivity contribution in [3.8, 4) is 11.3 Å². The van der Waals surface area contributed by atoms with E-state index in [2.05, 4.69) is 20.2 Å². The van der Waals surface area contributed by atoms with E-state index in [-0.39, 0.29) is 5.82 Å². The van der Waals surface area contributed by atoms with Crippen LogP contribution in [-0.2, 0) is 6.54 Å². The van der Waals surface area contributed by atoms with E-state index in [0.29, 0.717) is 0 Å². The number of rotatable bonds is 3. The van der Waals surface area contributed by atoms with Crippen LogP contribution in [0.3, 0.4) is 0 Å². The number of aromatic amines is 1. The van der Waals surface area contributed by atoms with Crippen molar-refractivity contribution in [2.24, 2.45) is 0 Å². The Labute approximate surface area is 111 Å². The fourth-order valence-electron chi connectivity index (χ4n) is 2.33. The second kappa shape index (κ2) is 5.50. The Kier molecular flexibility index (Phi) is 3.57. The van der Waals surface area contributed by atoms with Crippen molar-refractivity contribution < 1.29 is 4.39 Å². The lowest BCUT2D eigenvalue weighted by Crippen LogP contribution is -2.43. The summed E-state index contributed by atoms with van der Waals surface area (Å²) in [7, 11) is 0. The highest BCUT2D eigenvalue weighted by atomic mass is 19.1. The number of hydrogen-bond donors (Lipinski definition) is 2. The molecule has 1 fully saturated rings. The van der Waals surface area contributed by atoms with E-state index in [4.69, 9.17) is 0 Å². The molecule has 0 amide bonds. The van der Waals surface area contributed by atoms with Gasteiger partial charge in [-0.1, -0.05) is 12.1 Å². The Morgan fingerprint density at radius 3 is 2.89 bits per heavy atom. The van der Waals surface area contributed by atoms with Gasteiger partial charge in [-0.3, -0.25) is 4.90 Å². The third-order valence-electron chi connectivity index (χ3n) is 3.35. The molecule has 1 aliphatic heterocycles. The number of piperazine rings is 1. The zero-order chi connectivity index (χ0) is 13.1. The van der Waals surface area contributed by atoms with E-state index in [0.717, 1.165) is 49.8 Å². The second-order valence-electron chi connectivity index (χ2n) is 4.78. The molecule has 2 heterocycles. The van der Waals surface area contributed by atoms with E-state index in [1.165, 1.54) is 12.1 Å². The first-order chi connectivity index (χ1) is 9.31. The molecular weight excluding hydrogens is 243 g/mol. The highest BCUT2D eigenvalue weighted by Crippen LogP contribution is 2.18. The highest BCUT2D eigenvalue weighted by molar-refractivity contribution is 5.58. The van der Waals surface area contributed by atoms with Gasteiger partial charge in [0.25, 0.3) is 0 Å². The quantitative estimate of drug-likeness (QED) is 0.881. The number of nitrogens with zero attached hydrogens (tertiary/aromatic N) is 2. The van der Waals surface area contributed by atoms with E-state index in [1.807, 2.05) is 6.07 Å². The van der Waals surface area contributed by atoms with Gasteiger partial charge in [0.1, 0.15) is 11.6 Å². The summed E-state index contributed by atoms with van der Waals surface area (Å²) in [4.78, 5) is 9.99. The summed E-state index contributed by atoms with van der Waals surface area (Å²) in [5, 5.41) is 3.32. The minimum atomic E-state index is -0.226. The first-order valence-electron chi connectivity index (χ1n) is 6.54. The van der Waals surface area contributed by atoms with Crippen LogP contribution in [-0.4, -0.2) is 41.0 Å². The second-order valence-corrected chi connectivity index (χ2v) is 4.78. The molecule has 2 N–H and O–H groups in total. The molecule has 1 saturated heterocycles. The van der Waals surface area contributed by atoms with Gasteiger partial charge in [0.15, 0.2) is 0 Å². The normalized spacial score (nSPS) is 16.7. The zero-order valence-corrected chi connectivity index (χ0v) is 10.7. The predicted octanol–water partition coefficient (Wildman–Crippen LogP) is 1.62. The molecule has 19 heavy (non-hydrogen) atoms. The van der Waals surface area contributed by atoms with Crippen LogP contribution in [0, 0.1) is 5.82 Å². The summed E-state index contributed by atoms with van der Waals surface area (Å²) < 4.78 is 13.2. The SMILES string of the molecule is Fc1cccc(-c2cnc(CN3CCNCC3)[nH]2)c1. The van der Waals surface area contributed by atoms with Crippen molar-refractivity contribution >= 4 is 0 Å². The van der Waals surface area contributed by atoms with Crippen molar-refractivity contribution in [2.45, 2.75) is 6.54 Å². The number of aromatic nitrogens is 2. The van der Waals surface area contributed by atoms with E-state index in [9.17, 15) is 4.39 Å². The summed E-state index contributed by atoms with van der Waals surface area (Å²) in [5.74, 6) is 0.705. The maximum Gasteiger partial charge on any atom is 0.123 e. The van der Waals surface area contributed by atoms with Crippen molar-refractivity contribution in [3.05, 3.63) is 42.1 Å². The minimum Gasteiger partial charge on any atom is -0.341 e. The first kappa shape index (κ1) is 12.3. The standard InChI is InChI=1S/C14H17FN4/c15-12-3-1-2-11(8-12)13-9-17-14(18-13)10-19-6-4-16-5-7-19/h1-3,8-9,16H,4-7,10H2,(H,17,18). The van der Waals surface area contributed by atoms with Gasteiger partial charge in [-0.15, -0.1) is 0 Å². The molecule has 0 spiro atoms. The van der Waals surface area contributed by atoms with Crippen LogP contribution in [0.1, 0.15) is 5.82 Å². The van der Waals surface area contributed by atoms with Crippen LogP contribution in [0.2, 0.25) is 0 Å². The molecule has 2 aromatic rings. The van der Waals surface area contributed by atoms with Gasteiger partial charge in [-0.25, -0.2) is 9.37 Å². The average molecular weight is 260 g/mol. The molecule has 1 aliphatic rings. The third-order valence-corrected chi connectivity index (χ3v) is 3.35. The van der Waals surface area contributed by atoms with Crippen LogP contribution >= 0.6 is 0 Å². The molecule has 1 aromatic heterocycles. The average Bonchev–Trinajstić information content (AvgIpc) is 2.88. The van der Waals surface area contributed by atoms with Gasteiger partial charge in [0.05, 0.1) is 18.4 Å². The van der Waals surface area contributed by atoms with Crippen LogP contribution in [0.15, 0.2) is 30.5 Å². The maximum absolute atomic E-state index is 13.2. The Balaban J connectivity index is 1.72. The van der Waals surface area contributed by atoms with E-state index in [1.54, 1.807) is 12.3 Å². The predicted molar refractivity (Wildman–Crippen MR) is 72.1 cm³/mol. The number of imidazole rings is 1. The molecule has 0 radical (unpaired) electrons. The van der Waals surface area contributed by atoms with Crippen LogP contribution < -0.4 is 5.32 Å². The largest absolute Gasteiger partial charge is 0.341 e. The minimum absolute atomic E-state index is 0.226. The zero-order valence-electron chi connectivity index (χ0n) is 10.7. The van der Waals surface area contributed by atoms with Crippen LogP contribution in [0.5, 0.6) is 0 Å². The summed E-state index contributed by atoms with van der Waals surface area (Å²) >= 11 is 0. The molecule has 0 saturated carbocycles. The lowest BCUT2D eigenvalue weighted by Gasteiger charge is -2.26. The molecule has 100 valence electrons. The molecule has 1 aromatic carbocycles. The first-order valence-corrected chi connectivity index (χ1v) is 6.54. The van der Waals surface area contributed by atoms with Crippen molar-refractivity contribution in [3.63, 3.8) is 0 Å². The smallest absolute Gasteiger partial charge is 0.123 e. The lowest BCUT2D eigenvalue weighted by molar-refractivity contribution is 0.228. The molecule has 0 bridgehead atoms. The molecule has 3 rings (SSSR count). The van der Waals surface area contributed by atoms with E-state index < -0.39 is 0 Å². The van der Waals surface area contributed by atoms with Gasteiger partial charge in [0.2, 0.25) is 0 Å². The summed E-state index contributed by atoms with van der Waals surface area (Å²) in [6.45, 7) is 4.94. The maximum atomic E-state index is 13.2. The fraction of sp³-hybridized carbons (Fsp3) is 0.357. The van der Waals surface area contributed by atoms with Gasteiger partial charge in [0, 0.05) is 31.7 Å². The Morgan fingerprint density at radius 1 is 1.26 bits per heavy atom. The molecule has 0 unspecified atom stereocenters. The topological polar surface area (TPSA) is 44.0 Å². The van der Waals surface area contributed by atoms with E-state index >= 15 is 0 Å². The number of nitrogens with one attached hydrogen (secondary N) is 2. The van der Waals surface area contributed by atoms with Crippen LogP contribution in [0.25, 0.3) is 11.3 Å². The molecule has 0 atom stereocenters. The van der Waals surface area contributed by atoms with Gasteiger partial charge in [-0.05, 0) is 12.1 Å². The lowest BCUT2D eigenvalue weighted by atomic mass is 10.2. The summed E-state index contributed by atoms with van der Waals surface area (Å²) in [5.41, 5.74) is 1.70. The molecular formula is C14H17FN4. The molecule has 5 heteroatoms. The Hall–Kier alpha value is -1.72. The summed E-state index contributed by atoms with van der Waals surface area (Å²) in [6.07, 6.45) is 1.77. The van der Waals surface area contributed by atoms with Crippen molar-refractivity contribution in [2.75, 3.05) is 26.2 Å². The molecule has 4 nitrogen and oxygen atoms in total. The van der Waals surface area contributed by atoms with Crippen molar-refractivity contribution in [1.82, 2.24) is 20.2 Å². The highest BCUT2D eigenvalue weighted by Gasteiger charge is 2.12. The monoisotopic (exact) mass is 260 g/mol. The third kappa shape index (κ3) is 3.00. The van der Waals surface area contributed by atoms with Gasteiger partial charge < -0.3 is 10.3 Å². The van der Waals surface area contributed by atoms with Crippen molar-refractivity contribution in [1.29, 1.82) is 0 Å². The number of H-pyrrole nitrogens is 1. The fourth-order valence-corrected chi connectivity index (χ4v) is 2.33. The van der Waals surface area contributed by atoms with Gasteiger partial charge >= 0.3 is 0 Å². The van der Waals surface area contributed by atoms with Crippen LogP contribution in [0.4, 0.5) is 4.39 Å². The Bertz CT molecular complexity index is 546. The number of hydrogen-bond acceptors (Lipinski definition) is 3.